The minimum absolute atomic E-state index is 0.113. The highest BCUT2D eigenvalue weighted by molar-refractivity contribution is 5.93. The van der Waals surface area contributed by atoms with Gasteiger partial charge in [0.25, 0.3) is 5.91 Å². The van der Waals surface area contributed by atoms with Crippen molar-refractivity contribution in [3.8, 4) is 0 Å². The number of hydrogen-bond donors (Lipinski definition) is 1. The molecule has 7 heteroatoms. The van der Waals surface area contributed by atoms with Crippen molar-refractivity contribution in [1.29, 1.82) is 0 Å². The number of benzene rings is 1. The van der Waals surface area contributed by atoms with Gasteiger partial charge in [0.15, 0.2) is 11.6 Å². The van der Waals surface area contributed by atoms with Gasteiger partial charge in [0.1, 0.15) is 0 Å². The van der Waals surface area contributed by atoms with Gasteiger partial charge in [-0.05, 0) is 25.0 Å². The Labute approximate surface area is 139 Å². The highest BCUT2D eigenvalue weighted by atomic mass is 19.2. The number of anilines is 2. The number of rotatable bonds is 7. The molecule has 128 valence electrons. The molecule has 0 fully saturated rings. The van der Waals surface area contributed by atoms with E-state index in [9.17, 15) is 13.6 Å². The summed E-state index contributed by atoms with van der Waals surface area (Å²) in [5.41, 5.74) is 0.722. The summed E-state index contributed by atoms with van der Waals surface area (Å²) in [5, 5.41) is 2.76. The van der Waals surface area contributed by atoms with Crippen LogP contribution in [0.3, 0.4) is 0 Å². The number of nitrogens with one attached hydrogen (secondary N) is 1. The van der Waals surface area contributed by atoms with Crippen LogP contribution in [0.1, 0.15) is 37.0 Å². The van der Waals surface area contributed by atoms with Gasteiger partial charge < -0.3 is 10.2 Å². The number of amides is 1. The van der Waals surface area contributed by atoms with Gasteiger partial charge in [-0.15, -0.1) is 0 Å². The fourth-order valence-electron chi connectivity index (χ4n) is 2.24. The Balaban J connectivity index is 2.09. The number of carbonyl (C=O) groups excluding carboxylic acids is 1. The van der Waals surface area contributed by atoms with Crippen molar-refractivity contribution in [2.24, 2.45) is 0 Å². The summed E-state index contributed by atoms with van der Waals surface area (Å²) in [6.07, 6.45) is 4.61. The van der Waals surface area contributed by atoms with Crippen LogP contribution in [-0.2, 0) is 0 Å². The molecule has 0 aliphatic rings. The predicted molar refractivity (Wildman–Crippen MR) is 88.2 cm³/mol. The maximum Gasteiger partial charge on any atom is 0.256 e. The molecule has 0 spiro atoms. The number of carbonyl (C=O) groups is 1. The quantitative estimate of drug-likeness (QED) is 0.837. The normalized spacial score (nSPS) is 10.5. The molecule has 24 heavy (non-hydrogen) atoms. The van der Waals surface area contributed by atoms with Gasteiger partial charge in [-0.1, -0.05) is 13.8 Å². The monoisotopic (exact) mass is 334 g/mol. The summed E-state index contributed by atoms with van der Waals surface area (Å²) in [4.78, 5) is 22.3. The molecule has 0 bridgehead atoms. The van der Waals surface area contributed by atoms with E-state index in [4.69, 9.17) is 0 Å². The highest BCUT2D eigenvalue weighted by Gasteiger charge is 2.15. The van der Waals surface area contributed by atoms with Crippen LogP contribution in [0.15, 0.2) is 30.6 Å². The third-order valence-corrected chi connectivity index (χ3v) is 3.35. The zero-order valence-electron chi connectivity index (χ0n) is 13.7. The van der Waals surface area contributed by atoms with Crippen molar-refractivity contribution in [3.05, 3.63) is 47.8 Å². The summed E-state index contributed by atoms with van der Waals surface area (Å²) in [6.45, 7) is 5.39. The van der Waals surface area contributed by atoms with Gasteiger partial charge in [0.05, 0.1) is 5.56 Å². The molecule has 0 atom stereocenters. The Morgan fingerprint density at radius 2 is 1.71 bits per heavy atom. The number of hydrogen-bond acceptors (Lipinski definition) is 4. The van der Waals surface area contributed by atoms with E-state index in [0.29, 0.717) is 24.3 Å². The van der Waals surface area contributed by atoms with Crippen molar-refractivity contribution in [1.82, 2.24) is 14.9 Å². The SMILES string of the molecule is CCCN(CCC)C(=O)c1cnc(Nc2ccc(F)c(F)c2)nc1. The summed E-state index contributed by atoms with van der Waals surface area (Å²) in [6, 6.07) is 3.41. The van der Waals surface area contributed by atoms with E-state index >= 15 is 0 Å². The lowest BCUT2D eigenvalue weighted by atomic mass is 10.2. The number of nitrogens with zero attached hydrogens (tertiary/aromatic N) is 3. The molecule has 1 amide bonds. The Morgan fingerprint density at radius 1 is 1.08 bits per heavy atom. The van der Waals surface area contributed by atoms with E-state index < -0.39 is 11.6 Å². The van der Waals surface area contributed by atoms with Crippen LogP contribution in [0.2, 0.25) is 0 Å². The third-order valence-electron chi connectivity index (χ3n) is 3.35. The average molecular weight is 334 g/mol. The lowest BCUT2D eigenvalue weighted by Gasteiger charge is -2.21. The number of aromatic nitrogens is 2. The molecule has 1 N–H and O–H groups in total. The predicted octanol–water partition coefficient (Wildman–Crippen LogP) is 3.76. The highest BCUT2D eigenvalue weighted by Crippen LogP contribution is 2.16. The van der Waals surface area contributed by atoms with Gasteiger partial charge in [-0.25, -0.2) is 18.7 Å². The largest absolute Gasteiger partial charge is 0.339 e. The second-order valence-electron chi connectivity index (χ2n) is 5.34. The molecular weight excluding hydrogens is 314 g/mol. The summed E-state index contributed by atoms with van der Waals surface area (Å²) < 4.78 is 26.1. The molecule has 0 saturated heterocycles. The van der Waals surface area contributed by atoms with Crippen molar-refractivity contribution >= 4 is 17.5 Å². The van der Waals surface area contributed by atoms with Gasteiger partial charge in [-0.3, -0.25) is 4.79 Å². The molecule has 1 aromatic heterocycles. The Bertz CT molecular complexity index is 685. The minimum atomic E-state index is -0.957. The van der Waals surface area contributed by atoms with Gasteiger partial charge in [0, 0.05) is 37.2 Å². The Kier molecular flexibility index (Phi) is 6.17. The Morgan fingerprint density at radius 3 is 2.25 bits per heavy atom. The summed E-state index contributed by atoms with van der Waals surface area (Å²) in [5.74, 6) is -1.79. The minimum Gasteiger partial charge on any atom is -0.339 e. The van der Waals surface area contributed by atoms with E-state index in [1.165, 1.54) is 18.5 Å². The maximum absolute atomic E-state index is 13.2. The van der Waals surface area contributed by atoms with Crippen LogP contribution in [0, 0.1) is 11.6 Å². The van der Waals surface area contributed by atoms with E-state index in [-0.39, 0.29) is 11.9 Å². The van der Waals surface area contributed by atoms with Crippen LogP contribution in [0.25, 0.3) is 0 Å². The molecule has 0 aliphatic carbocycles. The van der Waals surface area contributed by atoms with Crippen molar-refractivity contribution in [2.45, 2.75) is 26.7 Å². The lowest BCUT2D eigenvalue weighted by Crippen LogP contribution is -2.32. The van der Waals surface area contributed by atoms with E-state index in [1.807, 2.05) is 13.8 Å². The second-order valence-corrected chi connectivity index (χ2v) is 5.34. The third kappa shape index (κ3) is 4.47. The number of halogens is 2. The van der Waals surface area contributed by atoms with E-state index in [1.54, 1.807) is 4.90 Å². The molecule has 0 radical (unpaired) electrons. The van der Waals surface area contributed by atoms with Crippen molar-refractivity contribution in [3.63, 3.8) is 0 Å². The van der Waals surface area contributed by atoms with Gasteiger partial charge in [0.2, 0.25) is 5.95 Å². The topological polar surface area (TPSA) is 58.1 Å². The fourth-order valence-corrected chi connectivity index (χ4v) is 2.24. The summed E-state index contributed by atoms with van der Waals surface area (Å²) in [7, 11) is 0. The van der Waals surface area contributed by atoms with Gasteiger partial charge in [-0.2, -0.15) is 0 Å². The molecule has 0 aliphatic heterocycles. The second kappa shape index (κ2) is 8.33. The molecular formula is C17H20F2N4O. The first-order valence-corrected chi connectivity index (χ1v) is 7.88. The fraction of sp³-hybridized carbons (Fsp3) is 0.353. The molecule has 2 aromatic rings. The first-order chi connectivity index (χ1) is 11.5. The first-order valence-electron chi connectivity index (χ1n) is 7.88. The van der Waals surface area contributed by atoms with Crippen molar-refractivity contribution in [2.75, 3.05) is 18.4 Å². The molecule has 1 aromatic carbocycles. The van der Waals surface area contributed by atoms with Crippen LogP contribution >= 0.6 is 0 Å². The van der Waals surface area contributed by atoms with E-state index in [0.717, 1.165) is 25.0 Å². The van der Waals surface area contributed by atoms with Crippen molar-refractivity contribution < 1.29 is 13.6 Å². The maximum atomic E-state index is 13.2. The standard InChI is InChI=1S/C17H20F2N4O/c1-3-7-23(8-4-2)16(24)12-10-20-17(21-11-12)22-13-5-6-14(18)15(19)9-13/h5-6,9-11H,3-4,7-8H2,1-2H3,(H,20,21,22). The Hall–Kier alpha value is -2.57. The molecule has 2 rings (SSSR count). The molecule has 0 saturated carbocycles. The molecule has 5 nitrogen and oxygen atoms in total. The molecule has 0 unspecified atom stereocenters. The average Bonchev–Trinajstić information content (AvgIpc) is 2.58. The zero-order chi connectivity index (χ0) is 17.5. The first kappa shape index (κ1) is 17.8. The smallest absolute Gasteiger partial charge is 0.256 e. The van der Waals surface area contributed by atoms with Crippen LogP contribution in [0.4, 0.5) is 20.4 Å². The van der Waals surface area contributed by atoms with Crippen LogP contribution in [-0.4, -0.2) is 33.9 Å². The lowest BCUT2D eigenvalue weighted by molar-refractivity contribution is 0.0754. The van der Waals surface area contributed by atoms with Crippen LogP contribution < -0.4 is 5.32 Å². The summed E-state index contributed by atoms with van der Waals surface area (Å²) >= 11 is 0. The molecule has 1 heterocycles. The van der Waals surface area contributed by atoms with Gasteiger partial charge >= 0.3 is 0 Å². The van der Waals surface area contributed by atoms with E-state index in [2.05, 4.69) is 15.3 Å². The zero-order valence-corrected chi connectivity index (χ0v) is 13.7. The van der Waals surface area contributed by atoms with Crippen LogP contribution in [0.5, 0.6) is 0 Å².